The molecular formula is C21H24ClCrN4. The molecule has 0 bridgehead atoms. The zero-order valence-corrected chi connectivity index (χ0v) is 18.3. The van der Waals surface area contributed by atoms with Gasteiger partial charge in [0.05, 0.1) is 5.69 Å². The summed E-state index contributed by atoms with van der Waals surface area (Å²) in [6, 6.07) is 14.1. The van der Waals surface area contributed by atoms with Gasteiger partial charge in [-0.25, -0.2) is 0 Å². The van der Waals surface area contributed by atoms with Gasteiger partial charge in [-0.05, 0) is 25.0 Å². The molecule has 0 radical (unpaired) electrons. The fourth-order valence-corrected chi connectivity index (χ4v) is 2.38. The van der Waals surface area contributed by atoms with Crippen LogP contribution in [-0.2, 0) is 15.4 Å². The van der Waals surface area contributed by atoms with Gasteiger partial charge in [0, 0.05) is 19.5 Å². The maximum absolute atomic E-state index is 4.51. The van der Waals surface area contributed by atoms with E-state index in [1.54, 1.807) is 13.3 Å². The first-order valence-electron chi connectivity index (χ1n) is 8.38. The van der Waals surface area contributed by atoms with Gasteiger partial charge in [0.25, 0.3) is 0 Å². The molecule has 1 aromatic carbocycles. The van der Waals surface area contributed by atoms with Gasteiger partial charge in [-0.15, -0.1) is 11.4 Å². The molecule has 0 unspecified atom stereocenters. The normalized spacial score (nSPS) is 10.4. The van der Waals surface area contributed by atoms with Crippen molar-refractivity contribution in [1.29, 1.82) is 0 Å². The number of aromatic nitrogens is 2. The summed E-state index contributed by atoms with van der Waals surface area (Å²) in [5.74, 6) is 0. The maximum atomic E-state index is 4.51. The van der Waals surface area contributed by atoms with Crippen molar-refractivity contribution < 1.29 is 15.4 Å². The van der Waals surface area contributed by atoms with Crippen LogP contribution in [0.3, 0.4) is 0 Å². The summed E-state index contributed by atoms with van der Waals surface area (Å²) >= 11 is 2.10. The van der Waals surface area contributed by atoms with E-state index in [4.69, 9.17) is 0 Å². The first kappa shape index (κ1) is 23.0. The van der Waals surface area contributed by atoms with Crippen molar-refractivity contribution in [2.75, 3.05) is 7.05 Å². The molecule has 0 spiro atoms. The molecule has 0 atom stereocenters. The Morgan fingerprint density at radius 3 is 1.67 bits per heavy atom. The number of para-hydroxylation sites is 1. The number of aliphatic imine (C=N–C) groups is 2. The minimum atomic E-state index is 0.917. The van der Waals surface area contributed by atoms with Crippen molar-refractivity contribution in [3.05, 3.63) is 76.4 Å². The van der Waals surface area contributed by atoms with E-state index < -0.39 is 0 Å². The number of hydrogen-bond donors (Lipinski definition) is 0. The number of benzene rings is 1. The van der Waals surface area contributed by atoms with Crippen LogP contribution in [0, 0.1) is 27.7 Å². The average Bonchev–Trinajstić information content (AvgIpc) is 3.25. The van der Waals surface area contributed by atoms with E-state index in [2.05, 4.69) is 77.4 Å². The summed E-state index contributed by atoms with van der Waals surface area (Å²) in [4.78, 5) is 16.8. The van der Waals surface area contributed by atoms with E-state index in [1.807, 2.05) is 44.3 Å². The Bertz CT molecular complexity index is 858. The molecular weight excluding hydrogens is 396 g/mol. The van der Waals surface area contributed by atoms with E-state index in [0.29, 0.717) is 0 Å². The van der Waals surface area contributed by atoms with Crippen molar-refractivity contribution >= 4 is 28.2 Å². The summed E-state index contributed by atoms with van der Waals surface area (Å²) in [5.41, 5.74) is 7.37. The third-order valence-corrected chi connectivity index (χ3v) is 3.63. The summed E-state index contributed by atoms with van der Waals surface area (Å²) in [6.07, 6.45) is 3.56. The van der Waals surface area contributed by atoms with Gasteiger partial charge in [0.15, 0.2) is 0 Å². The summed E-state index contributed by atoms with van der Waals surface area (Å²) in [5, 5.41) is 0. The predicted octanol–water partition coefficient (Wildman–Crippen LogP) is 5.01. The Morgan fingerprint density at radius 1 is 0.778 bits per heavy atom. The van der Waals surface area contributed by atoms with E-state index in [9.17, 15) is 0 Å². The van der Waals surface area contributed by atoms with E-state index in [1.165, 1.54) is 11.1 Å². The minimum absolute atomic E-state index is 0.917. The van der Waals surface area contributed by atoms with Crippen molar-refractivity contribution in [3.63, 3.8) is 0 Å². The molecule has 0 aliphatic heterocycles. The third-order valence-electron chi connectivity index (χ3n) is 3.63. The second kappa shape index (κ2) is 12.4. The number of aryl methyl sites for hydroxylation is 4. The van der Waals surface area contributed by atoms with E-state index >= 15 is 0 Å². The Balaban J connectivity index is 0.000000282. The van der Waals surface area contributed by atoms with Gasteiger partial charge >= 0.3 is 25.4 Å². The zero-order valence-electron chi connectivity index (χ0n) is 16.3. The van der Waals surface area contributed by atoms with Crippen molar-refractivity contribution in [3.8, 4) is 0 Å². The molecule has 0 aliphatic carbocycles. The van der Waals surface area contributed by atoms with Crippen molar-refractivity contribution in [2.24, 2.45) is 9.98 Å². The van der Waals surface area contributed by atoms with Gasteiger partial charge in [0.1, 0.15) is 0 Å². The molecule has 0 amide bonds. The second-order valence-corrected chi connectivity index (χ2v) is 5.91. The first-order chi connectivity index (χ1) is 13.0. The monoisotopic (exact) mass is 419 g/mol. The SMILES string of the molecule is CN=Cc1ccc(C)[n-]1.Cc1ccc(C=Nc2c(C)cccc2C)[n-]1.[Cl][Cr+2]. The molecule has 0 saturated heterocycles. The van der Waals surface area contributed by atoms with Crippen LogP contribution in [0.2, 0.25) is 0 Å². The van der Waals surface area contributed by atoms with Crippen LogP contribution in [-0.4, -0.2) is 19.5 Å². The Kier molecular flexibility index (Phi) is 10.5. The van der Waals surface area contributed by atoms with Crippen LogP contribution >= 0.6 is 10.0 Å². The van der Waals surface area contributed by atoms with Crippen LogP contribution in [0.15, 0.2) is 52.4 Å². The Hall–Kier alpha value is -2.06. The van der Waals surface area contributed by atoms with Gasteiger partial charge in [-0.3, -0.25) is 9.98 Å². The standard InChI is InChI=1S/C14H15N2.C7H9N2.ClH.Cr/c1-10-5-4-6-11(2)14(10)15-9-13-8-7-12(3)16-13;1-6-3-4-7(9-6)5-8-2;;/h4-9H,1-3H3;3-5H,1-2H3;1H;/q2*-1;;+3/p-1. The second-order valence-electron chi connectivity index (χ2n) is 5.91. The molecule has 3 aromatic rings. The number of rotatable bonds is 3. The summed E-state index contributed by atoms with van der Waals surface area (Å²) in [7, 11) is 6.25. The molecule has 3 rings (SSSR count). The van der Waals surface area contributed by atoms with Crippen LogP contribution in [0.25, 0.3) is 0 Å². The van der Waals surface area contributed by atoms with Gasteiger partial charge in [0.2, 0.25) is 0 Å². The zero-order chi connectivity index (χ0) is 20.2. The van der Waals surface area contributed by atoms with Crippen LogP contribution in [0.1, 0.15) is 33.9 Å². The van der Waals surface area contributed by atoms with Crippen LogP contribution < -0.4 is 9.97 Å². The third kappa shape index (κ3) is 8.01. The van der Waals surface area contributed by atoms with E-state index in [-0.39, 0.29) is 0 Å². The molecule has 4 nitrogen and oxygen atoms in total. The summed E-state index contributed by atoms with van der Waals surface area (Å²) in [6.45, 7) is 8.09. The number of hydrogen-bond acceptors (Lipinski definition) is 2. The quantitative estimate of drug-likeness (QED) is 0.560. The van der Waals surface area contributed by atoms with Crippen molar-refractivity contribution in [1.82, 2.24) is 9.97 Å². The van der Waals surface area contributed by atoms with Crippen LogP contribution in [0.5, 0.6) is 0 Å². The fraction of sp³-hybridized carbons (Fsp3) is 0.238. The molecule has 27 heavy (non-hydrogen) atoms. The molecule has 6 heteroatoms. The van der Waals surface area contributed by atoms with Crippen molar-refractivity contribution in [2.45, 2.75) is 27.7 Å². The topological polar surface area (TPSA) is 52.9 Å². The molecule has 0 fully saturated rings. The van der Waals surface area contributed by atoms with Gasteiger partial charge in [-0.2, -0.15) is 11.4 Å². The summed E-state index contributed by atoms with van der Waals surface area (Å²) < 4.78 is 0. The van der Waals surface area contributed by atoms with Gasteiger partial charge < -0.3 is 9.97 Å². The average molecular weight is 420 g/mol. The Morgan fingerprint density at radius 2 is 1.26 bits per heavy atom. The fourth-order valence-electron chi connectivity index (χ4n) is 2.38. The number of nitrogens with zero attached hydrogens (tertiary/aromatic N) is 4. The molecule has 0 aliphatic rings. The predicted molar refractivity (Wildman–Crippen MR) is 112 cm³/mol. The molecule has 2 aromatic heterocycles. The molecule has 0 N–H and O–H groups in total. The molecule has 0 saturated carbocycles. The van der Waals surface area contributed by atoms with Crippen LogP contribution in [0.4, 0.5) is 5.69 Å². The molecule has 141 valence electrons. The first-order valence-corrected chi connectivity index (χ1v) is 10.1. The van der Waals surface area contributed by atoms with E-state index in [0.717, 1.165) is 28.5 Å². The Labute approximate surface area is 174 Å². The number of halogens is 1. The van der Waals surface area contributed by atoms with Gasteiger partial charge in [-0.1, -0.05) is 56.3 Å². The molecule has 2 heterocycles.